The van der Waals surface area contributed by atoms with Crippen molar-refractivity contribution in [2.75, 3.05) is 5.75 Å². The quantitative estimate of drug-likeness (QED) is 0.245. The molecule has 0 spiro atoms. The van der Waals surface area contributed by atoms with E-state index in [0.29, 0.717) is 6.42 Å². The maximum atomic E-state index is 13.8. The first kappa shape index (κ1) is 25.5. The SMILES string of the molecule is CC1(C)O[C@@H]2[C@H]3OC(C)(C)O[C@H]3C[C@H](CCCS(=O)(=O)Oc3c(F)c(F)c(F)c(F)c3F)[C@@H]2O1. The van der Waals surface area contributed by atoms with Gasteiger partial charge in [0.1, 0.15) is 12.2 Å². The molecule has 0 N–H and O–H groups in total. The van der Waals surface area contributed by atoms with Gasteiger partial charge in [-0.2, -0.15) is 17.2 Å². The van der Waals surface area contributed by atoms with Crippen LogP contribution in [0.2, 0.25) is 0 Å². The molecule has 0 unspecified atom stereocenters. The van der Waals surface area contributed by atoms with Gasteiger partial charge in [-0.05, 0) is 52.9 Å². The zero-order valence-corrected chi connectivity index (χ0v) is 19.7. The number of ether oxygens (including phenoxy) is 4. The summed E-state index contributed by atoms with van der Waals surface area (Å²) in [5, 5.41) is 0. The lowest BCUT2D eigenvalue weighted by atomic mass is 9.79. The smallest absolute Gasteiger partial charge is 0.309 e. The van der Waals surface area contributed by atoms with E-state index in [0.717, 1.165) is 0 Å². The third kappa shape index (κ3) is 4.77. The summed E-state index contributed by atoms with van der Waals surface area (Å²) in [6, 6.07) is 0. The van der Waals surface area contributed by atoms with Gasteiger partial charge in [0, 0.05) is 0 Å². The Kier molecular flexibility index (Phi) is 6.42. The van der Waals surface area contributed by atoms with Crippen molar-refractivity contribution in [3.8, 4) is 5.75 Å². The lowest BCUT2D eigenvalue weighted by Gasteiger charge is -2.37. The van der Waals surface area contributed by atoms with Crippen molar-refractivity contribution in [2.24, 2.45) is 5.92 Å². The molecule has 2 heterocycles. The minimum absolute atomic E-state index is 0.0307. The molecule has 1 aromatic rings. The van der Waals surface area contributed by atoms with Crippen LogP contribution in [-0.4, -0.2) is 50.2 Å². The second-order valence-corrected chi connectivity index (χ2v) is 11.3. The summed E-state index contributed by atoms with van der Waals surface area (Å²) in [4.78, 5) is 0. The van der Waals surface area contributed by atoms with Crippen LogP contribution in [0, 0.1) is 35.0 Å². The average Bonchev–Trinajstić information content (AvgIpc) is 3.22. The molecule has 4 rings (SSSR count). The van der Waals surface area contributed by atoms with Gasteiger partial charge in [-0.1, -0.05) is 0 Å². The van der Waals surface area contributed by atoms with E-state index in [4.69, 9.17) is 18.9 Å². The Morgan fingerprint density at radius 2 is 1.29 bits per heavy atom. The average molecular weight is 516 g/mol. The first-order valence-electron chi connectivity index (χ1n) is 10.8. The van der Waals surface area contributed by atoms with Gasteiger partial charge in [-0.15, -0.1) is 0 Å². The fourth-order valence-corrected chi connectivity index (χ4v) is 5.83. The van der Waals surface area contributed by atoms with E-state index in [1.54, 1.807) is 27.7 Å². The summed E-state index contributed by atoms with van der Waals surface area (Å²) >= 11 is 0. The van der Waals surface area contributed by atoms with E-state index >= 15 is 0 Å². The van der Waals surface area contributed by atoms with Gasteiger partial charge in [-0.25, -0.2) is 13.2 Å². The topological polar surface area (TPSA) is 80.3 Å². The molecule has 1 saturated carbocycles. The van der Waals surface area contributed by atoms with Crippen molar-refractivity contribution >= 4 is 10.1 Å². The van der Waals surface area contributed by atoms with Gasteiger partial charge >= 0.3 is 10.1 Å². The van der Waals surface area contributed by atoms with Gasteiger partial charge in [0.05, 0.1) is 18.0 Å². The van der Waals surface area contributed by atoms with Crippen molar-refractivity contribution in [2.45, 2.75) is 82.9 Å². The molecule has 1 aliphatic carbocycles. The molecule has 192 valence electrons. The number of rotatable bonds is 6. The third-order valence-corrected chi connectivity index (χ3v) is 7.27. The number of benzene rings is 1. The zero-order chi connectivity index (χ0) is 25.2. The van der Waals surface area contributed by atoms with Crippen LogP contribution in [0.4, 0.5) is 22.0 Å². The molecule has 0 radical (unpaired) electrons. The molecule has 2 aliphatic heterocycles. The third-order valence-electron chi connectivity index (χ3n) is 6.06. The highest BCUT2D eigenvalue weighted by molar-refractivity contribution is 7.87. The van der Waals surface area contributed by atoms with Crippen LogP contribution >= 0.6 is 0 Å². The maximum Gasteiger partial charge on any atom is 0.309 e. The Morgan fingerprint density at radius 3 is 1.91 bits per heavy atom. The zero-order valence-electron chi connectivity index (χ0n) is 18.9. The van der Waals surface area contributed by atoms with E-state index in [1.165, 1.54) is 0 Å². The Bertz CT molecular complexity index is 1050. The maximum absolute atomic E-state index is 13.8. The molecule has 0 aromatic heterocycles. The first-order valence-corrected chi connectivity index (χ1v) is 12.3. The van der Waals surface area contributed by atoms with Crippen molar-refractivity contribution < 1.29 is 53.5 Å². The van der Waals surface area contributed by atoms with Crippen LogP contribution in [0.15, 0.2) is 0 Å². The summed E-state index contributed by atoms with van der Waals surface area (Å²) in [6.07, 6.45) is -0.772. The van der Waals surface area contributed by atoms with Crippen LogP contribution in [0.25, 0.3) is 0 Å². The van der Waals surface area contributed by atoms with E-state index in [9.17, 15) is 30.4 Å². The van der Waals surface area contributed by atoms with E-state index in [1.807, 2.05) is 0 Å². The molecule has 3 fully saturated rings. The van der Waals surface area contributed by atoms with Gasteiger partial charge in [0.15, 0.2) is 11.6 Å². The molecule has 2 saturated heterocycles. The summed E-state index contributed by atoms with van der Waals surface area (Å²) in [7, 11) is -4.67. The number of halogens is 5. The molecule has 0 amide bonds. The summed E-state index contributed by atoms with van der Waals surface area (Å²) in [6.45, 7) is 7.06. The normalized spacial score (nSPS) is 31.9. The van der Waals surface area contributed by atoms with Crippen LogP contribution in [-0.2, 0) is 29.1 Å². The van der Waals surface area contributed by atoms with E-state index in [2.05, 4.69) is 4.18 Å². The minimum atomic E-state index is -4.67. The number of hydrogen-bond donors (Lipinski definition) is 0. The Labute approximate surface area is 193 Å². The van der Waals surface area contributed by atoms with Crippen LogP contribution in [0.5, 0.6) is 5.75 Å². The molecule has 13 heteroatoms. The second kappa shape index (κ2) is 8.54. The predicted molar refractivity (Wildman–Crippen MR) is 106 cm³/mol. The highest BCUT2D eigenvalue weighted by Gasteiger charge is 2.59. The van der Waals surface area contributed by atoms with Crippen molar-refractivity contribution in [1.82, 2.24) is 0 Å². The molecular weight excluding hydrogens is 491 g/mol. The molecule has 1 aromatic carbocycles. The highest BCUT2D eigenvalue weighted by Crippen LogP contribution is 2.48. The summed E-state index contributed by atoms with van der Waals surface area (Å²) in [5.74, 6) is -16.2. The Balaban J connectivity index is 1.44. The van der Waals surface area contributed by atoms with E-state index < -0.39 is 74.5 Å². The van der Waals surface area contributed by atoms with Gasteiger partial charge in [-0.3, -0.25) is 0 Å². The van der Waals surface area contributed by atoms with Crippen LogP contribution in [0.3, 0.4) is 0 Å². The van der Waals surface area contributed by atoms with Crippen LogP contribution < -0.4 is 4.18 Å². The van der Waals surface area contributed by atoms with Crippen molar-refractivity contribution in [3.05, 3.63) is 29.1 Å². The summed E-state index contributed by atoms with van der Waals surface area (Å²) < 4.78 is 120. The molecule has 0 bridgehead atoms. The molecule has 3 aliphatic rings. The monoisotopic (exact) mass is 516 g/mol. The van der Waals surface area contributed by atoms with Crippen molar-refractivity contribution in [3.63, 3.8) is 0 Å². The molecule has 34 heavy (non-hydrogen) atoms. The number of fused-ring (bicyclic) bond motifs is 3. The number of hydrogen-bond acceptors (Lipinski definition) is 7. The first-order chi connectivity index (χ1) is 15.6. The summed E-state index contributed by atoms with van der Waals surface area (Å²) in [5.41, 5.74) is 0. The fourth-order valence-electron chi connectivity index (χ4n) is 4.82. The lowest BCUT2D eigenvalue weighted by molar-refractivity contribution is -0.176. The van der Waals surface area contributed by atoms with Gasteiger partial charge in [0.25, 0.3) is 0 Å². The van der Waals surface area contributed by atoms with Gasteiger partial charge < -0.3 is 23.1 Å². The van der Waals surface area contributed by atoms with E-state index in [-0.39, 0.29) is 31.0 Å². The molecule has 7 nitrogen and oxygen atoms in total. The van der Waals surface area contributed by atoms with Crippen LogP contribution in [0.1, 0.15) is 47.0 Å². The standard InChI is InChI=1S/C21H25F5O7S/c1-20(2)29-10-8-9(16-19(17(10)31-20)32-21(3,4)30-16)6-5-7-34(27,28)33-18-14(25)12(23)11(22)13(24)15(18)26/h9-10,16-17,19H,5-8H2,1-4H3/t9-,10-,16-,17-,19-/m0/s1. The molecular formula is C21H25F5O7S. The fraction of sp³-hybridized carbons (Fsp3) is 0.714. The lowest BCUT2D eigenvalue weighted by Crippen LogP contribution is -2.50. The second-order valence-electron chi connectivity index (χ2n) is 9.59. The minimum Gasteiger partial charge on any atom is -0.376 e. The Hall–Kier alpha value is -1.54. The van der Waals surface area contributed by atoms with Gasteiger partial charge in [0.2, 0.25) is 34.8 Å². The van der Waals surface area contributed by atoms with Crippen molar-refractivity contribution in [1.29, 1.82) is 0 Å². The largest absolute Gasteiger partial charge is 0.376 e. The predicted octanol–water partition coefficient (Wildman–Crippen LogP) is 3.93. The molecule has 5 atom stereocenters. The highest BCUT2D eigenvalue weighted by atomic mass is 32.2. The Morgan fingerprint density at radius 1 is 0.794 bits per heavy atom.